The Balaban J connectivity index is 1.83. The van der Waals surface area contributed by atoms with Crippen molar-refractivity contribution >= 4 is 21.7 Å². The number of benzene rings is 1. The third kappa shape index (κ3) is 2.73. The van der Waals surface area contributed by atoms with Gasteiger partial charge in [-0.2, -0.15) is 4.98 Å². The van der Waals surface area contributed by atoms with Gasteiger partial charge in [0.05, 0.1) is 6.42 Å². The highest BCUT2D eigenvalue weighted by atomic mass is 79.9. The predicted molar refractivity (Wildman–Crippen MR) is 68.8 cm³/mol. The fraction of sp³-hybridized carbons (Fsp3) is 0.308. The summed E-state index contributed by atoms with van der Waals surface area (Å²) in [5.74, 6) is 0.483. The van der Waals surface area contributed by atoms with E-state index in [1.807, 2.05) is 0 Å². The molecule has 0 amide bonds. The van der Waals surface area contributed by atoms with Crippen LogP contribution in [0.2, 0.25) is 0 Å². The zero-order chi connectivity index (χ0) is 13.4. The molecule has 19 heavy (non-hydrogen) atoms. The van der Waals surface area contributed by atoms with Crippen LogP contribution in [0.25, 0.3) is 11.4 Å². The average Bonchev–Trinajstić information content (AvgIpc) is 3.14. The summed E-state index contributed by atoms with van der Waals surface area (Å²) in [7, 11) is 0. The monoisotopic (exact) mass is 324 g/mol. The molecule has 0 atom stereocenters. The van der Waals surface area contributed by atoms with E-state index in [1.54, 1.807) is 6.07 Å². The predicted octanol–water partition coefficient (Wildman–Crippen LogP) is 3.16. The van der Waals surface area contributed by atoms with Crippen LogP contribution in [0, 0.1) is 11.7 Å². The van der Waals surface area contributed by atoms with Crippen molar-refractivity contribution in [2.24, 2.45) is 5.92 Å². The number of carbonyl (C=O) groups is 1. The maximum atomic E-state index is 13.2. The zero-order valence-electron chi connectivity index (χ0n) is 9.90. The van der Waals surface area contributed by atoms with Crippen LogP contribution in [-0.4, -0.2) is 15.9 Å². The van der Waals surface area contributed by atoms with Gasteiger partial charge < -0.3 is 4.52 Å². The maximum absolute atomic E-state index is 13.2. The van der Waals surface area contributed by atoms with E-state index < -0.39 is 0 Å². The maximum Gasteiger partial charge on any atom is 0.234 e. The van der Waals surface area contributed by atoms with Gasteiger partial charge in [-0.15, -0.1) is 0 Å². The molecule has 0 bridgehead atoms. The fourth-order valence-corrected chi connectivity index (χ4v) is 2.23. The molecule has 3 rings (SSSR count). The Bertz CT molecular complexity index is 637. The van der Waals surface area contributed by atoms with Crippen molar-refractivity contribution in [1.82, 2.24) is 10.1 Å². The van der Waals surface area contributed by atoms with E-state index in [4.69, 9.17) is 4.52 Å². The van der Waals surface area contributed by atoms with Gasteiger partial charge in [0.25, 0.3) is 0 Å². The second-order valence-electron chi connectivity index (χ2n) is 4.55. The van der Waals surface area contributed by atoms with Crippen LogP contribution in [0.5, 0.6) is 0 Å². The third-order valence-electron chi connectivity index (χ3n) is 3.00. The number of ketones is 1. The highest BCUT2D eigenvalue weighted by molar-refractivity contribution is 9.10. The first-order valence-corrected chi connectivity index (χ1v) is 6.73. The Kier molecular flexibility index (Phi) is 3.18. The first kappa shape index (κ1) is 12.5. The van der Waals surface area contributed by atoms with Crippen LogP contribution in [0.4, 0.5) is 4.39 Å². The Morgan fingerprint density at radius 3 is 3.00 bits per heavy atom. The van der Waals surface area contributed by atoms with E-state index in [2.05, 4.69) is 26.1 Å². The molecule has 1 aromatic heterocycles. The summed E-state index contributed by atoms with van der Waals surface area (Å²) in [6.45, 7) is 0. The normalized spacial score (nSPS) is 14.6. The molecule has 1 saturated carbocycles. The van der Waals surface area contributed by atoms with Gasteiger partial charge >= 0.3 is 0 Å². The van der Waals surface area contributed by atoms with Gasteiger partial charge in [0.1, 0.15) is 11.6 Å². The van der Waals surface area contributed by atoms with Gasteiger partial charge in [0.15, 0.2) is 0 Å². The summed E-state index contributed by atoms with van der Waals surface area (Å²) in [5.41, 5.74) is 0.508. The molecule has 1 aliphatic rings. The molecule has 1 aliphatic carbocycles. The number of rotatable bonds is 4. The molecule has 4 nitrogen and oxygen atoms in total. The summed E-state index contributed by atoms with van der Waals surface area (Å²) < 4.78 is 18.9. The molecule has 0 unspecified atom stereocenters. The quantitative estimate of drug-likeness (QED) is 0.866. The van der Waals surface area contributed by atoms with E-state index in [0.717, 1.165) is 12.8 Å². The lowest BCUT2D eigenvalue weighted by atomic mass is 10.2. The Labute approximate surface area is 117 Å². The van der Waals surface area contributed by atoms with Crippen LogP contribution in [0.1, 0.15) is 18.7 Å². The van der Waals surface area contributed by atoms with E-state index in [0.29, 0.717) is 10.0 Å². The number of hydrogen-bond donors (Lipinski definition) is 0. The van der Waals surface area contributed by atoms with Gasteiger partial charge in [-0.25, -0.2) is 4.39 Å². The smallest absolute Gasteiger partial charge is 0.234 e. The molecule has 6 heteroatoms. The first-order valence-electron chi connectivity index (χ1n) is 5.94. The topological polar surface area (TPSA) is 56.0 Å². The SMILES string of the molecule is O=C(Cc1nc(-c2cc(F)ccc2Br)no1)C1CC1. The number of nitrogens with zero attached hydrogens (tertiary/aromatic N) is 2. The van der Waals surface area contributed by atoms with E-state index in [1.165, 1.54) is 12.1 Å². The number of hydrogen-bond acceptors (Lipinski definition) is 4. The Hall–Kier alpha value is -1.56. The summed E-state index contributed by atoms with van der Waals surface area (Å²) in [4.78, 5) is 15.8. The second-order valence-corrected chi connectivity index (χ2v) is 5.41. The summed E-state index contributed by atoms with van der Waals surface area (Å²) >= 11 is 3.31. The van der Waals surface area contributed by atoms with Crippen LogP contribution in [-0.2, 0) is 11.2 Å². The standard InChI is InChI=1S/C13H10BrFN2O2/c14-10-4-3-8(15)5-9(10)13-16-12(19-17-13)6-11(18)7-1-2-7/h3-5,7H,1-2,6H2. The molecule has 1 fully saturated rings. The largest absolute Gasteiger partial charge is 0.338 e. The summed E-state index contributed by atoms with van der Waals surface area (Å²) in [6, 6.07) is 4.24. The van der Waals surface area contributed by atoms with Gasteiger partial charge in [0, 0.05) is 16.0 Å². The minimum absolute atomic E-state index is 0.133. The van der Waals surface area contributed by atoms with Crippen molar-refractivity contribution in [3.8, 4) is 11.4 Å². The molecule has 98 valence electrons. The van der Waals surface area contributed by atoms with Crippen LogP contribution in [0.3, 0.4) is 0 Å². The lowest BCUT2D eigenvalue weighted by Gasteiger charge is -1.98. The van der Waals surface area contributed by atoms with E-state index in [9.17, 15) is 9.18 Å². The molecular weight excluding hydrogens is 315 g/mol. The molecule has 1 heterocycles. The molecule has 0 radical (unpaired) electrons. The van der Waals surface area contributed by atoms with Crippen molar-refractivity contribution in [3.05, 3.63) is 34.4 Å². The summed E-state index contributed by atoms with van der Waals surface area (Å²) in [5, 5.41) is 3.79. The molecule has 0 spiro atoms. The molecule has 1 aromatic carbocycles. The minimum atomic E-state index is -0.376. The molecule has 0 saturated heterocycles. The lowest BCUT2D eigenvalue weighted by molar-refractivity contribution is -0.119. The molecular formula is C13H10BrFN2O2. The van der Waals surface area contributed by atoms with Crippen LogP contribution in [0.15, 0.2) is 27.2 Å². The second kappa shape index (κ2) is 4.85. The Morgan fingerprint density at radius 2 is 2.26 bits per heavy atom. The molecule has 0 aliphatic heterocycles. The number of halogens is 2. The van der Waals surface area contributed by atoms with Gasteiger partial charge in [-0.1, -0.05) is 21.1 Å². The average molecular weight is 325 g/mol. The van der Waals surface area contributed by atoms with Crippen LogP contribution >= 0.6 is 15.9 Å². The third-order valence-corrected chi connectivity index (χ3v) is 3.69. The highest BCUT2D eigenvalue weighted by Gasteiger charge is 2.30. The van der Waals surface area contributed by atoms with Crippen LogP contribution < -0.4 is 0 Å². The van der Waals surface area contributed by atoms with Crippen molar-refractivity contribution in [2.45, 2.75) is 19.3 Å². The number of Topliss-reactive ketones (excluding diaryl/α,β-unsaturated/α-hetero) is 1. The number of aromatic nitrogens is 2. The van der Waals surface area contributed by atoms with Crippen molar-refractivity contribution in [1.29, 1.82) is 0 Å². The number of carbonyl (C=O) groups excluding carboxylic acids is 1. The van der Waals surface area contributed by atoms with Crippen molar-refractivity contribution in [3.63, 3.8) is 0 Å². The van der Waals surface area contributed by atoms with Gasteiger partial charge in [0.2, 0.25) is 11.7 Å². The fourth-order valence-electron chi connectivity index (χ4n) is 1.80. The first-order chi connectivity index (χ1) is 9.13. The van der Waals surface area contributed by atoms with Gasteiger partial charge in [-0.3, -0.25) is 4.79 Å². The molecule has 0 N–H and O–H groups in total. The van der Waals surface area contributed by atoms with Crippen molar-refractivity contribution in [2.75, 3.05) is 0 Å². The summed E-state index contributed by atoms with van der Waals surface area (Å²) in [6.07, 6.45) is 2.06. The Morgan fingerprint density at radius 1 is 1.47 bits per heavy atom. The van der Waals surface area contributed by atoms with E-state index >= 15 is 0 Å². The zero-order valence-corrected chi connectivity index (χ0v) is 11.5. The lowest BCUT2D eigenvalue weighted by Crippen LogP contribution is -2.04. The van der Waals surface area contributed by atoms with Crippen molar-refractivity contribution < 1.29 is 13.7 Å². The van der Waals surface area contributed by atoms with E-state index in [-0.39, 0.29) is 35.7 Å². The van der Waals surface area contributed by atoms with Gasteiger partial charge in [-0.05, 0) is 31.0 Å². The minimum Gasteiger partial charge on any atom is -0.338 e. The highest BCUT2D eigenvalue weighted by Crippen LogP contribution is 2.31. The molecule has 2 aromatic rings.